The molecule has 0 aliphatic rings. The van der Waals surface area contributed by atoms with Gasteiger partial charge in [-0.3, -0.25) is 0 Å². The van der Waals surface area contributed by atoms with E-state index in [2.05, 4.69) is 553 Å². The van der Waals surface area contributed by atoms with Crippen molar-refractivity contribution in [1.29, 1.82) is 0 Å². The summed E-state index contributed by atoms with van der Waals surface area (Å²) in [6, 6.07) is 104. The quantitative estimate of drug-likeness (QED) is 0.0293. The number of benzene rings is 17. The lowest BCUT2D eigenvalue weighted by Gasteiger charge is -2.38. The molecular weight excluding hydrogens is 1880 g/mol. The molecule has 17 rings (SSSR count). The van der Waals surface area contributed by atoms with E-state index in [4.69, 9.17) is 0 Å². The first-order valence-corrected chi connectivity index (χ1v) is 68.1. The monoisotopic (exact) mass is 2040 g/mol. The van der Waals surface area contributed by atoms with Gasteiger partial charge in [0.2, 0.25) is 16.1 Å². The Bertz CT molecular complexity index is 7590. The molecule has 17 aromatic rings. The highest BCUT2D eigenvalue weighted by Gasteiger charge is 2.48. The van der Waals surface area contributed by atoms with Crippen molar-refractivity contribution in [3.05, 3.63) is 349 Å². The molecule has 2 unspecified atom stereocenters. The lowest BCUT2D eigenvalue weighted by molar-refractivity contribution is -0.111. The Hall–Kier alpha value is -12.7. The van der Waals surface area contributed by atoms with Crippen molar-refractivity contribution >= 4 is 189 Å². The molecule has 0 N–H and O–H groups in total. The molecule has 0 aliphatic carbocycles. The fourth-order valence-corrected chi connectivity index (χ4v) is 51.9. The fraction of sp³-hybridized carbons (Fsp3) is 0.314. The van der Waals surface area contributed by atoms with E-state index in [1.54, 1.807) is 13.8 Å². The number of carbonyl (C=O) groups excluding carboxylic acids is 2. The highest BCUT2D eigenvalue weighted by atomic mass is 28.3. The molecule has 0 spiro atoms. The summed E-state index contributed by atoms with van der Waals surface area (Å²) in [5.41, 5.74) is 38.7. The normalized spacial score (nSPS) is 12.7. The van der Waals surface area contributed by atoms with E-state index in [0.29, 0.717) is 55.4 Å². The summed E-state index contributed by atoms with van der Waals surface area (Å²) < 4.78 is 0. The van der Waals surface area contributed by atoms with Gasteiger partial charge in [-0.15, -0.1) is 46.4 Å². The lowest BCUT2D eigenvalue weighted by atomic mass is 9.89. The SMILES string of the molecule is C=CC(C)[Si](C#Cc1c2cc3ccccc3cc2c(C#C[Si](C(C)C)(C(C)C)C(C)C=C)c2cc3ccccc3cc12)(C(C)C)C(C)C.CC(=O)[Si](C#Cc1c2cc3ccccc3cc2c(C#C[Si](C(C)=O)(C(C)C)C(C)C)c2cc3ccccc3cc12)(C(C)C)C(C)C.CC(C)[Si](C#Cc1c2cc3ccccc3cc2c(C#C[Si](Cc2ccccc2)(C(C)C)C(C)C)c2cc3ccccc3cc12)(Cc1ccccc1)C(C)C. The largest absolute Gasteiger partial charge is 0.304 e. The summed E-state index contributed by atoms with van der Waals surface area (Å²) >= 11 is 0. The summed E-state index contributed by atoms with van der Waals surface area (Å²) in [6.07, 6.45) is 4.31. The third kappa shape index (κ3) is 20.8. The number of hydrogen-bond donors (Lipinski definition) is 0. The molecule has 0 fully saturated rings. The Morgan fingerprint density at radius 3 is 0.514 bits per heavy atom. The molecule has 0 saturated carbocycles. The van der Waals surface area contributed by atoms with E-state index in [0.717, 1.165) is 88.6 Å². The number of fused-ring (bicyclic) bond motifs is 12. The standard InChI is InChI=1S/C52H54Si2.C46H54Si2.C42H46O2Si2/c1-37(2)53(38(3)4,35-41-19-11-9-12-20-41)29-27-47-49-31-43-23-15-17-25-45(43)33-51(49)48(52-34-46-26-18-16-24-44(46)32-50(47)52)28-30-54(39(5)6,40(7)8)36-42-21-13-10-14-22-42;1-13-35(11)47(31(3)4,32(5)6)25-23-41-43-27-37-19-15-17-21-39(37)29-45(43)42(24-26-48(33(7)8,34(9)10)36(12)14-2)46-30-40-22-18-16-20-38(40)28-44(41)46;1-27(2)45(28(3)4,31(9)43)21-19-37-39-23-33-15-11-13-17-35(33)25-41(39)38(20-22-46(29(5)6,30(7)8)32(10)44)42-26-36-18-14-12-16-34(36)24-40(37)42/h9-26,31-34,37-40H,35-36H2,1-8H3;13-22,27-36H,1-2H2,3-12H3;11-18,23-30H,1-10H3. The first-order valence-electron chi connectivity index (χ1n) is 54.6. The molecule has 17 aromatic carbocycles. The third-order valence-electron chi connectivity index (χ3n) is 34.6. The van der Waals surface area contributed by atoms with Gasteiger partial charge in [0.25, 0.3) is 0 Å². The summed E-state index contributed by atoms with van der Waals surface area (Å²) in [6.45, 7) is 72.3. The molecule has 2 nitrogen and oxygen atoms in total. The second-order valence-electron chi connectivity index (χ2n) is 46.2. The molecule has 0 aromatic heterocycles. The smallest absolute Gasteiger partial charge is 0.217 e. The van der Waals surface area contributed by atoms with Crippen molar-refractivity contribution in [2.45, 2.75) is 284 Å². The molecule has 8 heteroatoms. The first kappa shape index (κ1) is 110. The van der Waals surface area contributed by atoms with Gasteiger partial charge < -0.3 is 9.59 Å². The molecule has 0 heterocycles. The highest BCUT2D eigenvalue weighted by Crippen LogP contribution is 2.49. The van der Waals surface area contributed by atoms with Crippen LogP contribution in [0.3, 0.4) is 0 Å². The molecule has 0 amide bonds. The van der Waals surface area contributed by atoms with E-state index in [1.807, 2.05) is 0 Å². The Kier molecular flexibility index (Phi) is 33.6. The van der Waals surface area contributed by atoms with Crippen LogP contribution in [0.15, 0.2) is 304 Å². The zero-order valence-electron chi connectivity index (χ0n) is 93.4. The van der Waals surface area contributed by atoms with Crippen LogP contribution in [0.4, 0.5) is 0 Å². The predicted molar refractivity (Wildman–Crippen MR) is 667 cm³/mol. The minimum absolute atomic E-state index is 0.193. The lowest BCUT2D eigenvalue weighted by Crippen LogP contribution is -2.48. The van der Waals surface area contributed by atoms with Gasteiger partial charge in [-0.05, 0) is 317 Å². The van der Waals surface area contributed by atoms with Crippen LogP contribution < -0.4 is 0 Å². The second-order valence-corrected chi connectivity index (χ2v) is 76.9. The Balaban J connectivity index is 0.000000167. The van der Waals surface area contributed by atoms with Gasteiger partial charge in [0.05, 0.1) is 0 Å². The van der Waals surface area contributed by atoms with Gasteiger partial charge in [0.15, 0.2) is 0 Å². The molecule has 148 heavy (non-hydrogen) atoms. The van der Waals surface area contributed by atoms with Crippen LogP contribution in [0.1, 0.15) is 238 Å². The average molecular weight is 2040 g/mol. The van der Waals surface area contributed by atoms with Crippen molar-refractivity contribution in [3.8, 4) is 68.8 Å². The van der Waals surface area contributed by atoms with Crippen molar-refractivity contribution < 1.29 is 9.59 Å². The van der Waals surface area contributed by atoms with Gasteiger partial charge in [-0.1, -0.05) is 434 Å². The molecule has 0 bridgehead atoms. The maximum Gasteiger partial charge on any atom is 0.217 e. The van der Waals surface area contributed by atoms with E-state index in [-0.39, 0.29) is 33.0 Å². The summed E-state index contributed by atoms with van der Waals surface area (Å²) in [5, 5.41) is 28.8. The average Bonchev–Trinajstić information content (AvgIpc) is 0.731. The van der Waals surface area contributed by atoms with E-state index in [1.165, 1.54) is 97.3 Å². The number of carbonyl (C=O) groups is 2. The number of rotatable bonds is 22. The highest BCUT2D eigenvalue weighted by molar-refractivity contribution is 7.13. The van der Waals surface area contributed by atoms with E-state index < -0.39 is 48.4 Å². The summed E-state index contributed by atoms with van der Waals surface area (Å²) in [7, 11) is -13.8. The fourth-order valence-electron chi connectivity index (χ4n) is 25.7. The maximum atomic E-state index is 13.4. The Labute approximate surface area is 892 Å². The van der Waals surface area contributed by atoms with Crippen LogP contribution in [-0.4, -0.2) is 59.3 Å². The topological polar surface area (TPSA) is 34.1 Å². The third-order valence-corrected chi connectivity index (χ3v) is 69.0. The van der Waals surface area contributed by atoms with Gasteiger partial charge >= 0.3 is 0 Å². The Morgan fingerprint density at radius 2 is 0.372 bits per heavy atom. The number of hydrogen-bond acceptors (Lipinski definition) is 2. The van der Waals surface area contributed by atoms with Crippen LogP contribution in [0.2, 0.25) is 77.6 Å². The molecule has 0 saturated heterocycles. The van der Waals surface area contributed by atoms with Crippen LogP contribution in [0.25, 0.3) is 129 Å². The van der Waals surface area contributed by atoms with Crippen LogP contribution in [0.5, 0.6) is 0 Å². The minimum atomic E-state index is -2.64. The van der Waals surface area contributed by atoms with Crippen LogP contribution in [-0.2, 0) is 21.7 Å². The zero-order chi connectivity index (χ0) is 107. The van der Waals surface area contributed by atoms with Crippen LogP contribution in [0, 0.1) is 68.8 Å². The molecule has 2 atom stereocenters. The van der Waals surface area contributed by atoms with Crippen molar-refractivity contribution in [1.82, 2.24) is 0 Å². The molecule has 0 aliphatic heterocycles. The van der Waals surface area contributed by atoms with Gasteiger partial charge in [0, 0.05) is 33.4 Å². The summed E-state index contributed by atoms with van der Waals surface area (Å²) in [4.78, 5) is 26.7. The van der Waals surface area contributed by atoms with Gasteiger partial charge in [0.1, 0.15) is 43.1 Å². The van der Waals surface area contributed by atoms with Crippen LogP contribution >= 0.6 is 0 Å². The number of allylic oxidation sites excluding steroid dienone is 2. The predicted octanol–water partition coefficient (Wildman–Crippen LogP) is 38.8. The van der Waals surface area contributed by atoms with E-state index >= 15 is 0 Å². The molecule has 750 valence electrons. The minimum Gasteiger partial charge on any atom is -0.304 e. The Morgan fingerprint density at radius 1 is 0.216 bits per heavy atom. The maximum absolute atomic E-state index is 13.4. The first-order chi connectivity index (χ1) is 70.6. The second kappa shape index (κ2) is 45.4. The van der Waals surface area contributed by atoms with Gasteiger partial charge in [-0.25, -0.2) is 0 Å². The molecular formula is C140H154O2Si6. The van der Waals surface area contributed by atoms with E-state index in [9.17, 15) is 9.59 Å². The molecule has 0 radical (unpaired) electrons. The van der Waals surface area contributed by atoms with Crippen molar-refractivity contribution in [2.24, 2.45) is 0 Å². The van der Waals surface area contributed by atoms with Gasteiger partial charge in [-0.2, -0.15) is 0 Å². The summed E-state index contributed by atoms with van der Waals surface area (Å²) in [5.74, 6) is 23.3. The van der Waals surface area contributed by atoms with Crippen molar-refractivity contribution in [3.63, 3.8) is 0 Å². The zero-order valence-corrected chi connectivity index (χ0v) is 99.4. The van der Waals surface area contributed by atoms with Crippen molar-refractivity contribution in [2.75, 3.05) is 0 Å².